The van der Waals surface area contributed by atoms with E-state index in [-0.39, 0.29) is 5.56 Å². The molecule has 1 fully saturated rings. The summed E-state index contributed by atoms with van der Waals surface area (Å²) >= 11 is 0. The topological polar surface area (TPSA) is 174 Å². The standard InChI is InChI=1S/C16H20O10/c1-5(18)10-7(20)3-8(21)11(15(10)25-6(2)19)16-14(24)13(23)12(22)9(4-17)26-16/h3,9,12-14,16-17,20-24H,4H2,1-2H3/t9-,12-,13+,14-,16+/m1/s1. The zero-order chi connectivity index (χ0) is 19.8. The van der Waals surface area contributed by atoms with Crippen LogP contribution >= 0.6 is 0 Å². The lowest BCUT2D eigenvalue weighted by Gasteiger charge is -2.40. The lowest BCUT2D eigenvalue weighted by Crippen LogP contribution is -2.55. The summed E-state index contributed by atoms with van der Waals surface area (Å²) in [4.78, 5) is 23.3. The molecule has 1 heterocycles. The SMILES string of the molecule is CC(=O)Oc1c(C(C)=O)c(O)cc(O)c1[C@@H]1O[C@H](CO)[C@@H](O)[C@H](O)[C@H]1O. The van der Waals surface area contributed by atoms with Crippen molar-refractivity contribution in [3.8, 4) is 17.2 Å². The first-order chi connectivity index (χ1) is 12.1. The largest absolute Gasteiger partial charge is 0.507 e. The Kier molecular flexibility index (Phi) is 5.84. The Hall–Kier alpha value is -2.24. The summed E-state index contributed by atoms with van der Waals surface area (Å²) in [6, 6.07) is 0.792. The fourth-order valence-corrected chi connectivity index (χ4v) is 2.85. The molecule has 0 spiro atoms. The highest BCUT2D eigenvalue weighted by Crippen LogP contribution is 2.46. The molecule has 0 unspecified atom stereocenters. The van der Waals surface area contributed by atoms with E-state index < -0.39 is 71.7 Å². The van der Waals surface area contributed by atoms with Gasteiger partial charge in [-0.1, -0.05) is 0 Å². The van der Waals surface area contributed by atoms with Crippen LogP contribution in [0.3, 0.4) is 0 Å². The maximum absolute atomic E-state index is 11.9. The fourth-order valence-electron chi connectivity index (χ4n) is 2.85. The van der Waals surface area contributed by atoms with E-state index in [1.54, 1.807) is 0 Å². The molecule has 1 aliphatic rings. The van der Waals surface area contributed by atoms with Crippen molar-refractivity contribution >= 4 is 11.8 Å². The number of hydrogen-bond acceptors (Lipinski definition) is 10. The van der Waals surface area contributed by atoms with Crippen molar-refractivity contribution in [3.63, 3.8) is 0 Å². The lowest BCUT2D eigenvalue weighted by molar-refractivity contribution is -0.232. The average molecular weight is 372 g/mol. The molecule has 0 aromatic heterocycles. The molecule has 0 radical (unpaired) electrons. The molecule has 0 bridgehead atoms. The van der Waals surface area contributed by atoms with Crippen molar-refractivity contribution in [2.75, 3.05) is 6.61 Å². The zero-order valence-corrected chi connectivity index (χ0v) is 14.0. The van der Waals surface area contributed by atoms with E-state index in [4.69, 9.17) is 9.47 Å². The number of phenolic OH excluding ortho intramolecular Hbond substituents is 2. The summed E-state index contributed by atoms with van der Waals surface area (Å²) in [6.07, 6.45) is -8.06. The van der Waals surface area contributed by atoms with Crippen LogP contribution in [-0.2, 0) is 9.53 Å². The summed E-state index contributed by atoms with van der Waals surface area (Å²) in [6.45, 7) is 1.38. The van der Waals surface area contributed by atoms with Crippen LogP contribution in [0.5, 0.6) is 17.2 Å². The maximum atomic E-state index is 11.9. The molecule has 6 N–H and O–H groups in total. The van der Waals surface area contributed by atoms with Crippen molar-refractivity contribution in [2.45, 2.75) is 44.4 Å². The van der Waals surface area contributed by atoms with E-state index in [1.807, 2.05) is 0 Å². The number of carbonyl (C=O) groups excluding carboxylic acids is 2. The third kappa shape index (κ3) is 3.50. The number of aliphatic hydroxyl groups excluding tert-OH is 4. The summed E-state index contributed by atoms with van der Waals surface area (Å²) < 4.78 is 10.3. The zero-order valence-electron chi connectivity index (χ0n) is 14.0. The number of aromatic hydroxyl groups is 2. The summed E-state index contributed by atoms with van der Waals surface area (Å²) in [5.74, 6) is -3.49. The van der Waals surface area contributed by atoms with Crippen LogP contribution in [0.4, 0.5) is 0 Å². The number of carbonyl (C=O) groups is 2. The van der Waals surface area contributed by atoms with Crippen LogP contribution in [0.25, 0.3) is 0 Å². The highest BCUT2D eigenvalue weighted by molar-refractivity contribution is 6.01. The molecule has 2 rings (SSSR count). The Bertz CT molecular complexity index is 713. The van der Waals surface area contributed by atoms with Gasteiger partial charge in [0.05, 0.1) is 12.2 Å². The minimum absolute atomic E-state index is 0.389. The van der Waals surface area contributed by atoms with Crippen LogP contribution in [-0.4, -0.2) is 73.4 Å². The quantitative estimate of drug-likeness (QED) is 0.213. The number of benzene rings is 1. The molecular weight excluding hydrogens is 352 g/mol. The van der Waals surface area contributed by atoms with Crippen molar-refractivity contribution in [1.29, 1.82) is 0 Å². The predicted molar refractivity (Wildman–Crippen MR) is 83.8 cm³/mol. The number of phenols is 2. The molecule has 5 atom stereocenters. The molecule has 26 heavy (non-hydrogen) atoms. The number of rotatable bonds is 4. The maximum Gasteiger partial charge on any atom is 0.308 e. The number of hydrogen-bond donors (Lipinski definition) is 6. The highest BCUT2D eigenvalue weighted by Gasteiger charge is 2.46. The molecule has 10 nitrogen and oxygen atoms in total. The van der Waals surface area contributed by atoms with Crippen molar-refractivity contribution in [3.05, 3.63) is 17.2 Å². The molecule has 0 amide bonds. The van der Waals surface area contributed by atoms with E-state index in [2.05, 4.69) is 0 Å². The van der Waals surface area contributed by atoms with E-state index in [1.165, 1.54) is 0 Å². The minimum Gasteiger partial charge on any atom is -0.507 e. The van der Waals surface area contributed by atoms with Gasteiger partial charge in [0, 0.05) is 13.0 Å². The Balaban J connectivity index is 2.69. The van der Waals surface area contributed by atoms with Gasteiger partial charge in [-0.05, 0) is 6.92 Å². The predicted octanol–water partition coefficient (Wildman–Crippen LogP) is -1.26. The molecule has 1 aromatic rings. The van der Waals surface area contributed by atoms with Gasteiger partial charge in [0.1, 0.15) is 47.6 Å². The summed E-state index contributed by atoms with van der Waals surface area (Å²) in [7, 11) is 0. The first-order valence-corrected chi connectivity index (χ1v) is 7.68. The molecule has 1 aromatic carbocycles. The molecule has 144 valence electrons. The van der Waals surface area contributed by atoms with Gasteiger partial charge in [0.15, 0.2) is 11.5 Å². The number of esters is 1. The molecule has 1 saturated heterocycles. The van der Waals surface area contributed by atoms with Crippen LogP contribution < -0.4 is 4.74 Å². The average Bonchev–Trinajstić information content (AvgIpc) is 2.53. The van der Waals surface area contributed by atoms with Crippen LogP contribution in [0.15, 0.2) is 6.07 Å². The highest BCUT2D eigenvalue weighted by atomic mass is 16.6. The van der Waals surface area contributed by atoms with Gasteiger partial charge in [-0.15, -0.1) is 0 Å². The smallest absolute Gasteiger partial charge is 0.308 e. The van der Waals surface area contributed by atoms with E-state index in [9.17, 15) is 40.2 Å². The third-order valence-corrected chi connectivity index (χ3v) is 4.05. The van der Waals surface area contributed by atoms with Crippen LogP contribution in [0.2, 0.25) is 0 Å². The summed E-state index contributed by atoms with van der Waals surface area (Å²) in [5, 5.41) is 59.5. The number of aliphatic hydroxyl groups is 4. The van der Waals surface area contributed by atoms with E-state index in [0.29, 0.717) is 0 Å². The van der Waals surface area contributed by atoms with Crippen LogP contribution in [0, 0.1) is 0 Å². The second-order valence-electron chi connectivity index (χ2n) is 5.93. The third-order valence-electron chi connectivity index (χ3n) is 4.05. The van der Waals surface area contributed by atoms with Crippen molar-refractivity contribution in [2.24, 2.45) is 0 Å². The number of Topliss-reactive ketones (excluding diaryl/α,β-unsaturated/α-hetero) is 1. The Labute approximate surface area is 147 Å². The molecule has 0 saturated carbocycles. The molecule has 1 aliphatic heterocycles. The molecular formula is C16H20O10. The second kappa shape index (κ2) is 7.56. The first kappa shape index (κ1) is 20.1. The van der Waals surface area contributed by atoms with Crippen molar-refractivity contribution < 1.29 is 49.7 Å². The minimum atomic E-state index is -1.79. The monoisotopic (exact) mass is 372 g/mol. The van der Waals surface area contributed by atoms with Gasteiger partial charge >= 0.3 is 5.97 Å². The number of ketones is 1. The second-order valence-corrected chi connectivity index (χ2v) is 5.93. The van der Waals surface area contributed by atoms with Gasteiger partial charge in [-0.2, -0.15) is 0 Å². The Morgan fingerprint density at radius 2 is 1.69 bits per heavy atom. The van der Waals surface area contributed by atoms with Crippen molar-refractivity contribution in [1.82, 2.24) is 0 Å². The first-order valence-electron chi connectivity index (χ1n) is 7.68. The molecule has 0 aliphatic carbocycles. The van der Waals surface area contributed by atoms with E-state index in [0.717, 1.165) is 19.9 Å². The van der Waals surface area contributed by atoms with Gasteiger partial charge < -0.3 is 40.1 Å². The van der Waals surface area contributed by atoms with Gasteiger partial charge in [0.25, 0.3) is 0 Å². The fraction of sp³-hybridized carbons (Fsp3) is 0.500. The summed E-state index contributed by atoms with van der Waals surface area (Å²) in [5.41, 5.74) is -0.829. The number of ether oxygens (including phenoxy) is 2. The van der Waals surface area contributed by atoms with Gasteiger partial charge in [-0.25, -0.2) is 0 Å². The van der Waals surface area contributed by atoms with E-state index >= 15 is 0 Å². The molecule has 10 heteroatoms. The lowest BCUT2D eigenvalue weighted by atomic mass is 9.89. The van der Waals surface area contributed by atoms with Gasteiger partial charge in [0.2, 0.25) is 0 Å². The Morgan fingerprint density at radius 3 is 2.19 bits per heavy atom. The normalized spacial score (nSPS) is 28.6. The van der Waals surface area contributed by atoms with Crippen LogP contribution in [0.1, 0.15) is 35.9 Å². The van der Waals surface area contributed by atoms with Gasteiger partial charge in [-0.3, -0.25) is 9.59 Å². The Morgan fingerprint density at radius 1 is 1.08 bits per heavy atom.